The van der Waals surface area contributed by atoms with Crippen molar-refractivity contribution in [3.63, 3.8) is 0 Å². The number of nitrogens with one attached hydrogen (secondary N) is 2. The lowest BCUT2D eigenvalue weighted by atomic mass is 10.6. The van der Waals surface area contributed by atoms with E-state index >= 15 is 0 Å². The van der Waals surface area contributed by atoms with Gasteiger partial charge in [-0.15, -0.1) is 0 Å². The van der Waals surface area contributed by atoms with Crippen LogP contribution in [0.3, 0.4) is 0 Å². The van der Waals surface area contributed by atoms with E-state index in [0.29, 0.717) is 0 Å². The molecule has 0 heterocycles. The fourth-order valence-corrected chi connectivity index (χ4v) is 0.940. The van der Waals surface area contributed by atoms with Gasteiger partial charge in [0.2, 0.25) is 0 Å². The summed E-state index contributed by atoms with van der Waals surface area (Å²) in [5.74, 6) is 0. The van der Waals surface area contributed by atoms with Crippen LogP contribution in [0.4, 0.5) is 4.79 Å². The van der Waals surface area contributed by atoms with E-state index < -0.39 is 12.6 Å². The van der Waals surface area contributed by atoms with E-state index in [0.717, 1.165) is 0 Å². The molecule has 0 saturated carbocycles. The largest absolute Gasteiger partial charge is 0.354 e. The first-order valence-corrected chi connectivity index (χ1v) is 4.80. The summed E-state index contributed by atoms with van der Waals surface area (Å²) >= 11 is 0. The summed E-state index contributed by atoms with van der Waals surface area (Å²) in [6.45, 7) is 0.535. The average Bonchev–Trinajstić information content (AvgIpc) is 2.31. The van der Waals surface area contributed by atoms with E-state index in [1.165, 1.54) is 28.4 Å². The lowest BCUT2D eigenvalue weighted by Crippen LogP contribution is -2.43. The summed E-state index contributed by atoms with van der Waals surface area (Å²) < 4.78 is 19.6. The number of amides is 2. The molecule has 0 rings (SSSR count). The van der Waals surface area contributed by atoms with Gasteiger partial charge in [0, 0.05) is 28.4 Å². The number of methoxy groups -OCH3 is 4. The van der Waals surface area contributed by atoms with Gasteiger partial charge in [-0.05, 0) is 0 Å². The molecule has 0 fully saturated rings. The molecule has 0 aliphatic rings. The summed E-state index contributed by atoms with van der Waals surface area (Å²) in [6, 6.07) is -0.335. The van der Waals surface area contributed by atoms with Crippen LogP contribution in [0.15, 0.2) is 0 Å². The van der Waals surface area contributed by atoms with Crippen molar-refractivity contribution >= 4 is 6.03 Å². The van der Waals surface area contributed by atoms with Gasteiger partial charge in [0.25, 0.3) is 0 Å². The van der Waals surface area contributed by atoms with Crippen LogP contribution in [0.1, 0.15) is 0 Å². The Morgan fingerprint density at radius 2 is 1.19 bits per heavy atom. The minimum atomic E-state index is -0.452. The van der Waals surface area contributed by atoms with Crippen molar-refractivity contribution < 1.29 is 23.7 Å². The number of ether oxygens (including phenoxy) is 4. The molecule has 96 valence electrons. The highest BCUT2D eigenvalue weighted by atomic mass is 16.7. The smallest absolute Gasteiger partial charge is 0.315 e. The molecule has 0 aromatic heterocycles. The highest BCUT2D eigenvalue weighted by Gasteiger charge is 2.09. The van der Waals surface area contributed by atoms with Crippen LogP contribution in [-0.2, 0) is 18.9 Å². The van der Waals surface area contributed by atoms with E-state index in [1.54, 1.807) is 0 Å². The van der Waals surface area contributed by atoms with Crippen LogP contribution in [0.5, 0.6) is 0 Å². The summed E-state index contributed by atoms with van der Waals surface area (Å²) in [4.78, 5) is 11.3. The van der Waals surface area contributed by atoms with E-state index in [4.69, 9.17) is 18.9 Å². The van der Waals surface area contributed by atoms with E-state index in [1.807, 2.05) is 0 Å². The Morgan fingerprint density at radius 1 is 0.875 bits per heavy atom. The van der Waals surface area contributed by atoms with Gasteiger partial charge in [0.1, 0.15) is 0 Å². The standard InChI is InChI=1S/C9H20N2O5/c1-13-7(14-2)5-10-9(12)11-6-8(15-3)16-4/h7-8H,5-6H2,1-4H3,(H2,10,11,12). The van der Waals surface area contributed by atoms with Crippen LogP contribution in [0.2, 0.25) is 0 Å². The number of rotatable bonds is 8. The number of carbonyl (C=O) groups excluding carboxylic acids is 1. The van der Waals surface area contributed by atoms with Crippen LogP contribution >= 0.6 is 0 Å². The third kappa shape index (κ3) is 6.57. The first-order chi connectivity index (χ1) is 7.67. The van der Waals surface area contributed by atoms with Gasteiger partial charge < -0.3 is 29.6 Å². The maximum Gasteiger partial charge on any atom is 0.315 e. The van der Waals surface area contributed by atoms with Crippen LogP contribution in [-0.4, -0.2) is 60.1 Å². The van der Waals surface area contributed by atoms with Crippen molar-refractivity contribution in [2.45, 2.75) is 12.6 Å². The molecule has 16 heavy (non-hydrogen) atoms. The molecule has 7 nitrogen and oxygen atoms in total. The van der Waals surface area contributed by atoms with Crippen molar-refractivity contribution in [2.24, 2.45) is 0 Å². The van der Waals surface area contributed by atoms with E-state index in [9.17, 15) is 4.79 Å². The fourth-order valence-electron chi connectivity index (χ4n) is 0.940. The third-order valence-corrected chi connectivity index (χ3v) is 1.91. The molecule has 0 aliphatic heterocycles. The molecule has 0 aliphatic carbocycles. The van der Waals surface area contributed by atoms with Gasteiger partial charge in [0.15, 0.2) is 12.6 Å². The van der Waals surface area contributed by atoms with Gasteiger partial charge in [-0.2, -0.15) is 0 Å². The van der Waals surface area contributed by atoms with Crippen LogP contribution < -0.4 is 10.6 Å². The number of carbonyl (C=O) groups is 1. The zero-order valence-corrected chi connectivity index (χ0v) is 10.1. The number of hydrogen-bond donors (Lipinski definition) is 2. The molecular formula is C9H20N2O5. The molecular weight excluding hydrogens is 216 g/mol. The minimum Gasteiger partial charge on any atom is -0.354 e. The Morgan fingerprint density at radius 3 is 1.44 bits per heavy atom. The molecule has 7 heteroatoms. The van der Waals surface area contributed by atoms with E-state index in [-0.39, 0.29) is 19.1 Å². The Hall–Kier alpha value is -0.890. The van der Waals surface area contributed by atoms with Gasteiger partial charge in [-0.25, -0.2) is 4.79 Å². The second kappa shape index (κ2) is 9.34. The summed E-state index contributed by atoms with van der Waals surface area (Å²) in [5, 5.41) is 5.15. The van der Waals surface area contributed by atoms with Crippen molar-refractivity contribution in [3.05, 3.63) is 0 Å². The second-order valence-corrected chi connectivity index (χ2v) is 2.89. The van der Waals surface area contributed by atoms with E-state index in [2.05, 4.69) is 10.6 Å². The Bertz CT molecular complexity index is 165. The lowest BCUT2D eigenvalue weighted by molar-refractivity contribution is -0.0994. The normalized spacial score (nSPS) is 10.9. The van der Waals surface area contributed by atoms with Gasteiger partial charge >= 0.3 is 6.03 Å². The molecule has 0 aromatic rings. The van der Waals surface area contributed by atoms with Gasteiger partial charge in [-0.3, -0.25) is 0 Å². The molecule has 0 atom stereocenters. The SMILES string of the molecule is COC(CNC(=O)NCC(OC)OC)OC. The Kier molecular flexibility index (Phi) is 8.82. The number of hydrogen-bond acceptors (Lipinski definition) is 5. The maximum atomic E-state index is 11.3. The quantitative estimate of drug-likeness (QED) is 0.557. The predicted octanol–water partition coefficient (Wildman–Crippen LogP) is -0.477. The first-order valence-electron chi connectivity index (χ1n) is 4.80. The molecule has 0 aromatic carbocycles. The first kappa shape index (κ1) is 15.1. The molecule has 0 unspecified atom stereocenters. The summed E-state index contributed by atoms with van der Waals surface area (Å²) in [5.41, 5.74) is 0. The lowest BCUT2D eigenvalue weighted by Gasteiger charge is -2.16. The average molecular weight is 236 g/mol. The molecule has 0 radical (unpaired) electrons. The summed E-state index contributed by atoms with van der Waals surface area (Å²) in [6.07, 6.45) is -0.905. The van der Waals surface area contributed by atoms with Crippen LogP contribution in [0, 0.1) is 0 Å². The highest BCUT2D eigenvalue weighted by Crippen LogP contribution is 1.89. The molecule has 2 amide bonds. The molecule has 0 spiro atoms. The minimum absolute atomic E-state index is 0.267. The fraction of sp³-hybridized carbons (Fsp3) is 0.889. The Balaban J connectivity index is 3.65. The third-order valence-electron chi connectivity index (χ3n) is 1.91. The Labute approximate surface area is 95.4 Å². The zero-order chi connectivity index (χ0) is 12.4. The van der Waals surface area contributed by atoms with Gasteiger partial charge in [0.05, 0.1) is 13.1 Å². The van der Waals surface area contributed by atoms with Crippen molar-refractivity contribution in [1.29, 1.82) is 0 Å². The maximum absolute atomic E-state index is 11.3. The zero-order valence-electron chi connectivity index (χ0n) is 10.1. The van der Waals surface area contributed by atoms with Crippen molar-refractivity contribution in [2.75, 3.05) is 41.5 Å². The highest BCUT2D eigenvalue weighted by molar-refractivity contribution is 5.73. The molecule has 0 bridgehead atoms. The molecule has 0 saturated heterocycles. The second-order valence-electron chi connectivity index (χ2n) is 2.89. The van der Waals surface area contributed by atoms with Crippen molar-refractivity contribution in [1.82, 2.24) is 10.6 Å². The number of urea groups is 1. The van der Waals surface area contributed by atoms with Crippen molar-refractivity contribution in [3.8, 4) is 0 Å². The van der Waals surface area contributed by atoms with Gasteiger partial charge in [-0.1, -0.05) is 0 Å². The molecule has 2 N–H and O–H groups in total. The topological polar surface area (TPSA) is 78.1 Å². The van der Waals surface area contributed by atoms with Crippen LogP contribution in [0.25, 0.3) is 0 Å². The predicted molar refractivity (Wildman–Crippen MR) is 57.0 cm³/mol. The summed E-state index contributed by atoms with van der Waals surface area (Å²) in [7, 11) is 6.00. The monoisotopic (exact) mass is 236 g/mol.